The van der Waals surface area contributed by atoms with Crippen molar-refractivity contribution in [2.24, 2.45) is 0 Å². The number of halogens is 1. The summed E-state index contributed by atoms with van der Waals surface area (Å²) in [7, 11) is 0. The first-order valence-electron chi connectivity index (χ1n) is 8.58. The molecule has 130 valence electrons. The van der Waals surface area contributed by atoms with Crippen molar-refractivity contribution < 1.29 is 4.39 Å². The molecule has 2 aromatic carbocycles. The minimum Gasteiger partial charge on any atom is -0.253 e. The fraction of sp³-hybridized carbons (Fsp3) is 0.217. The minimum atomic E-state index is -0.348. The maximum atomic E-state index is 14.4. The van der Waals surface area contributed by atoms with Gasteiger partial charge >= 0.3 is 0 Å². The van der Waals surface area contributed by atoms with Crippen molar-refractivity contribution in [2.75, 3.05) is 0 Å². The number of nitriles is 1. The lowest BCUT2D eigenvalue weighted by Gasteiger charge is -2.19. The van der Waals surface area contributed by atoms with Crippen LogP contribution in [-0.4, -0.2) is 4.98 Å². The van der Waals surface area contributed by atoms with E-state index >= 15 is 0 Å². The van der Waals surface area contributed by atoms with Crippen LogP contribution in [0.25, 0.3) is 22.4 Å². The van der Waals surface area contributed by atoms with Gasteiger partial charge in [0.15, 0.2) is 5.82 Å². The quantitative estimate of drug-likeness (QED) is 0.569. The van der Waals surface area contributed by atoms with Crippen LogP contribution in [0.5, 0.6) is 0 Å². The Morgan fingerprint density at radius 2 is 1.62 bits per heavy atom. The Morgan fingerprint density at radius 3 is 2.23 bits per heavy atom. The predicted molar refractivity (Wildman–Crippen MR) is 103 cm³/mol. The van der Waals surface area contributed by atoms with Gasteiger partial charge in [0.1, 0.15) is 5.69 Å². The predicted octanol–water partition coefficient (Wildman–Crippen LogP) is 6.03. The van der Waals surface area contributed by atoms with Crippen molar-refractivity contribution in [3.63, 3.8) is 0 Å². The molecule has 0 saturated heterocycles. The lowest BCUT2D eigenvalue weighted by atomic mass is 9.86. The summed E-state index contributed by atoms with van der Waals surface area (Å²) < 4.78 is 14.4. The monoisotopic (exact) mass is 344 g/mol. The van der Waals surface area contributed by atoms with E-state index in [2.05, 4.69) is 44.0 Å². The van der Waals surface area contributed by atoms with Crippen molar-refractivity contribution in [2.45, 2.75) is 33.1 Å². The average Bonchev–Trinajstić information content (AvgIpc) is 2.63. The van der Waals surface area contributed by atoms with Crippen molar-refractivity contribution in [1.82, 2.24) is 4.98 Å². The van der Waals surface area contributed by atoms with E-state index in [-0.39, 0.29) is 16.9 Å². The third-order valence-electron chi connectivity index (χ3n) is 4.56. The summed E-state index contributed by atoms with van der Waals surface area (Å²) in [5.41, 5.74) is 5.05. The zero-order valence-electron chi connectivity index (χ0n) is 15.5. The number of hydrogen-bond donors (Lipinski definition) is 0. The van der Waals surface area contributed by atoms with Crippen molar-refractivity contribution in [3.8, 4) is 28.5 Å². The van der Waals surface area contributed by atoms with Crippen LogP contribution in [-0.2, 0) is 5.41 Å². The van der Waals surface area contributed by atoms with Crippen molar-refractivity contribution in [3.05, 3.63) is 77.2 Å². The van der Waals surface area contributed by atoms with Gasteiger partial charge in [-0.1, -0.05) is 57.2 Å². The number of hydrogen-bond acceptors (Lipinski definition) is 2. The summed E-state index contributed by atoms with van der Waals surface area (Å²) in [4.78, 5) is 4.14. The summed E-state index contributed by atoms with van der Waals surface area (Å²) in [5, 5.41) is 9.59. The Bertz CT molecular complexity index is 990. The van der Waals surface area contributed by atoms with Gasteiger partial charge in [0.25, 0.3) is 0 Å². The Hall–Kier alpha value is -2.99. The molecule has 0 amide bonds. The van der Waals surface area contributed by atoms with Crippen molar-refractivity contribution >= 4 is 0 Å². The largest absolute Gasteiger partial charge is 0.253 e. The molecule has 0 fully saturated rings. The lowest BCUT2D eigenvalue weighted by Crippen LogP contribution is -2.10. The van der Waals surface area contributed by atoms with E-state index in [9.17, 15) is 9.65 Å². The van der Waals surface area contributed by atoms with Crippen LogP contribution in [0.3, 0.4) is 0 Å². The Labute approximate surface area is 154 Å². The molecule has 0 spiro atoms. The second kappa shape index (κ2) is 6.72. The van der Waals surface area contributed by atoms with E-state index in [1.807, 2.05) is 24.3 Å². The molecule has 3 rings (SSSR count). The van der Waals surface area contributed by atoms with Gasteiger partial charge in [-0.3, -0.25) is 4.98 Å². The zero-order valence-corrected chi connectivity index (χ0v) is 15.5. The number of nitrogens with zero attached hydrogens (tertiary/aromatic N) is 2. The highest BCUT2D eigenvalue weighted by atomic mass is 19.1. The molecule has 0 atom stereocenters. The fourth-order valence-electron chi connectivity index (χ4n) is 2.93. The number of benzene rings is 2. The Balaban J connectivity index is 2.05. The van der Waals surface area contributed by atoms with E-state index in [0.29, 0.717) is 16.7 Å². The normalized spacial score (nSPS) is 11.2. The summed E-state index contributed by atoms with van der Waals surface area (Å²) in [6.45, 7) is 8.21. The first-order valence-corrected chi connectivity index (χ1v) is 8.58. The van der Waals surface area contributed by atoms with Gasteiger partial charge in [-0.15, -0.1) is 0 Å². The van der Waals surface area contributed by atoms with Crippen LogP contribution < -0.4 is 0 Å². The second-order valence-corrected chi connectivity index (χ2v) is 7.49. The van der Waals surface area contributed by atoms with Crippen LogP contribution in [0.1, 0.15) is 37.5 Å². The van der Waals surface area contributed by atoms with Gasteiger partial charge < -0.3 is 0 Å². The van der Waals surface area contributed by atoms with Gasteiger partial charge in [0, 0.05) is 11.8 Å². The lowest BCUT2D eigenvalue weighted by molar-refractivity contribution is 0.590. The molecule has 0 bridgehead atoms. The third-order valence-corrected chi connectivity index (χ3v) is 4.56. The molecule has 26 heavy (non-hydrogen) atoms. The summed E-state index contributed by atoms with van der Waals surface area (Å²) in [6.07, 6.45) is 1.58. The molecule has 2 nitrogen and oxygen atoms in total. The van der Waals surface area contributed by atoms with Crippen LogP contribution in [0, 0.1) is 24.1 Å². The number of rotatable bonds is 2. The summed E-state index contributed by atoms with van der Waals surface area (Å²) in [5.74, 6) is -0.348. The molecule has 0 unspecified atom stereocenters. The van der Waals surface area contributed by atoms with Gasteiger partial charge in [0.2, 0.25) is 0 Å². The Morgan fingerprint density at radius 1 is 0.962 bits per heavy atom. The number of aryl methyl sites for hydroxylation is 1. The summed E-state index contributed by atoms with van der Waals surface area (Å²) >= 11 is 0. The van der Waals surface area contributed by atoms with Gasteiger partial charge in [0.05, 0.1) is 11.6 Å². The molecule has 1 heterocycles. The molecular weight excluding hydrogens is 323 g/mol. The first-order chi connectivity index (χ1) is 12.3. The second-order valence-electron chi connectivity index (χ2n) is 7.49. The highest BCUT2D eigenvalue weighted by Crippen LogP contribution is 2.31. The third kappa shape index (κ3) is 3.36. The van der Waals surface area contributed by atoms with Crippen LogP contribution in [0.2, 0.25) is 0 Å². The number of aromatic nitrogens is 1. The molecule has 3 heteroatoms. The highest BCUT2D eigenvalue weighted by Gasteiger charge is 2.15. The van der Waals surface area contributed by atoms with E-state index in [1.54, 1.807) is 25.3 Å². The van der Waals surface area contributed by atoms with Crippen molar-refractivity contribution in [1.29, 1.82) is 5.26 Å². The maximum absolute atomic E-state index is 14.4. The van der Waals surface area contributed by atoms with Crippen LogP contribution in [0.4, 0.5) is 4.39 Å². The van der Waals surface area contributed by atoms with Gasteiger partial charge in [-0.2, -0.15) is 5.26 Å². The standard InChI is InChI=1S/C23H21FN2/c1-15-11-12-26-22(21(15)24)17-7-10-20(18(13-17)14-25)16-5-8-19(9-6-16)23(2,3)4/h5-13H,1-4H3. The van der Waals surface area contributed by atoms with E-state index in [1.165, 1.54) is 5.56 Å². The Kier molecular flexibility index (Phi) is 4.61. The molecule has 0 saturated carbocycles. The van der Waals surface area contributed by atoms with E-state index in [4.69, 9.17) is 0 Å². The van der Waals surface area contributed by atoms with E-state index < -0.39 is 0 Å². The summed E-state index contributed by atoms with van der Waals surface area (Å²) in [6, 6.07) is 17.5. The molecule has 0 N–H and O–H groups in total. The molecule has 0 aliphatic rings. The molecule has 0 radical (unpaired) electrons. The number of pyridine rings is 1. The SMILES string of the molecule is Cc1ccnc(-c2ccc(-c3ccc(C(C)(C)C)cc3)c(C#N)c2)c1F. The first kappa shape index (κ1) is 17.8. The topological polar surface area (TPSA) is 36.7 Å². The molecular formula is C23H21FN2. The molecule has 1 aromatic heterocycles. The smallest absolute Gasteiger partial charge is 0.152 e. The van der Waals surface area contributed by atoms with Gasteiger partial charge in [-0.25, -0.2) is 4.39 Å². The molecule has 0 aliphatic carbocycles. The maximum Gasteiger partial charge on any atom is 0.152 e. The molecule has 0 aliphatic heterocycles. The van der Waals surface area contributed by atoms with Crippen LogP contribution >= 0.6 is 0 Å². The van der Waals surface area contributed by atoms with E-state index in [0.717, 1.165) is 11.1 Å². The highest BCUT2D eigenvalue weighted by molar-refractivity contribution is 5.75. The van der Waals surface area contributed by atoms with Crippen LogP contribution in [0.15, 0.2) is 54.7 Å². The fourth-order valence-corrected chi connectivity index (χ4v) is 2.93. The zero-order chi connectivity index (χ0) is 18.9. The minimum absolute atomic E-state index is 0.0782. The molecule has 3 aromatic rings. The van der Waals surface area contributed by atoms with Gasteiger partial charge in [-0.05, 0) is 46.7 Å². The average molecular weight is 344 g/mol.